The normalized spacial score (nSPS) is 10.9. The van der Waals surface area contributed by atoms with Crippen molar-refractivity contribution in [3.63, 3.8) is 0 Å². The van der Waals surface area contributed by atoms with Gasteiger partial charge in [0, 0.05) is 22.2 Å². The molecule has 2 aromatic carbocycles. The summed E-state index contributed by atoms with van der Waals surface area (Å²) in [6.07, 6.45) is 0. The molecule has 1 amide bonds. The van der Waals surface area contributed by atoms with E-state index in [0.717, 1.165) is 11.1 Å². The third kappa shape index (κ3) is 4.65. The van der Waals surface area contributed by atoms with E-state index in [4.69, 9.17) is 20.9 Å². The van der Waals surface area contributed by atoms with Crippen molar-refractivity contribution in [1.82, 2.24) is 10.1 Å². The number of nitrogens with zero attached hydrogens (tertiary/aromatic N) is 2. The Balaban J connectivity index is 1.64. The van der Waals surface area contributed by atoms with Crippen molar-refractivity contribution < 1.29 is 14.1 Å². The minimum absolute atomic E-state index is 0.128. The van der Waals surface area contributed by atoms with Gasteiger partial charge in [0.05, 0.1) is 0 Å². The Kier molecular flexibility index (Phi) is 5.76. The fourth-order valence-electron chi connectivity index (χ4n) is 2.38. The largest absolute Gasteiger partial charge is 0.484 e. The zero-order valence-electron chi connectivity index (χ0n) is 15.3. The summed E-state index contributed by atoms with van der Waals surface area (Å²) in [7, 11) is 0. The third-order valence-electron chi connectivity index (χ3n) is 3.95. The minimum Gasteiger partial charge on any atom is -0.484 e. The molecule has 140 valence electrons. The standard InChI is InChI=1S/C20H20ClN3O3/c1-12(2)19-23-20(27-24-19)14-6-4-7-15(10-14)26-11-18(25)22-17-9-5-8-16(21)13(17)3/h4-10,12H,11H2,1-3H3,(H,22,25). The van der Waals surface area contributed by atoms with Gasteiger partial charge in [0.15, 0.2) is 12.4 Å². The molecular formula is C20H20ClN3O3. The number of aromatic nitrogens is 2. The van der Waals surface area contributed by atoms with E-state index in [-0.39, 0.29) is 18.4 Å². The Labute approximate surface area is 162 Å². The van der Waals surface area contributed by atoms with Gasteiger partial charge in [0.2, 0.25) is 0 Å². The van der Waals surface area contributed by atoms with Gasteiger partial charge >= 0.3 is 0 Å². The second-order valence-corrected chi connectivity index (χ2v) is 6.80. The van der Waals surface area contributed by atoms with E-state index < -0.39 is 0 Å². The van der Waals surface area contributed by atoms with E-state index in [1.807, 2.05) is 32.9 Å². The van der Waals surface area contributed by atoms with Crippen LogP contribution in [-0.2, 0) is 4.79 Å². The van der Waals surface area contributed by atoms with E-state index >= 15 is 0 Å². The number of carbonyl (C=O) groups is 1. The number of halogens is 1. The van der Waals surface area contributed by atoms with Gasteiger partial charge in [0.25, 0.3) is 11.8 Å². The summed E-state index contributed by atoms with van der Waals surface area (Å²) in [6, 6.07) is 12.5. The average molecular weight is 386 g/mol. The van der Waals surface area contributed by atoms with Gasteiger partial charge in [-0.3, -0.25) is 4.79 Å². The Morgan fingerprint density at radius 3 is 2.78 bits per heavy atom. The average Bonchev–Trinajstić information content (AvgIpc) is 3.15. The van der Waals surface area contributed by atoms with Gasteiger partial charge in [-0.15, -0.1) is 0 Å². The summed E-state index contributed by atoms with van der Waals surface area (Å²) in [5.41, 5.74) is 2.21. The maximum atomic E-state index is 12.2. The number of nitrogens with one attached hydrogen (secondary N) is 1. The molecule has 0 spiro atoms. The first-order valence-corrected chi connectivity index (χ1v) is 8.93. The van der Waals surface area contributed by atoms with Crippen LogP contribution in [0.5, 0.6) is 5.75 Å². The molecular weight excluding hydrogens is 366 g/mol. The Bertz CT molecular complexity index is 953. The second-order valence-electron chi connectivity index (χ2n) is 6.39. The van der Waals surface area contributed by atoms with Crippen molar-refractivity contribution >= 4 is 23.2 Å². The molecule has 0 aliphatic carbocycles. The first kappa shape index (κ1) is 18.9. The number of carbonyl (C=O) groups excluding carboxylic acids is 1. The van der Waals surface area contributed by atoms with Crippen molar-refractivity contribution in [2.75, 3.05) is 11.9 Å². The monoisotopic (exact) mass is 385 g/mol. The number of rotatable bonds is 6. The van der Waals surface area contributed by atoms with Gasteiger partial charge in [-0.2, -0.15) is 4.98 Å². The van der Waals surface area contributed by atoms with Gasteiger partial charge in [-0.05, 0) is 42.8 Å². The van der Waals surface area contributed by atoms with Crippen LogP contribution in [0.2, 0.25) is 5.02 Å². The van der Waals surface area contributed by atoms with Crippen molar-refractivity contribution in [1.29, 1.82) is 0 Å². The highest BCUT2D eigenvalue weighted by Crippen LogP contribution is 2.25. The quantitative estimate of drug-likeness (QED) is 0.657. The number of anilines is 1. The first-order valence-electron chi connectivity index (χ1n) is 8.56. The molecule has 3 aromatic rings. The third-order valence-corrected chi connectivity index (χ3v) is 4.36. The molecule has 6 nitrogen and oxygen atoms in total. The molecule has 0 aliphatic heterocycles. The number of benzene rings is 2. The van der Waals surface area contributed by atoms with Crippen molar-refractivity contribution in [3.05, 3.63) is 58.9 Å². The van der Waals surface area contributed by atoms with Gasteiger partial charge in [-0.1, -0.05) is 42.7 Å². The van der Waals surface area contributed by atoms with Gasteiger partial charge in [0.1, 0.15) is 5.75 Å². The highest BCUT2D eigenvalue weighted by atomic mass is 35.5. The van der Waals surface area contributed by atoms with Crippen molar-refractivity contribution in [2.45, 2.75) is 26.7 Å². The predicted octanol–water partition coefficient (Wildman–Crippen LogP) is 4.84. The molecule has 0 saturated carbocycles. The Morgan fingerprint density at radius 1 is 1.26 bits per heavy atom. The summed E-state index contributed by atoms with van der Waals surface area (Å²) >= 11 is 6.06. The van der Waals surface area contributed by atoms with E-state index in [9.17, 15) is 4.79 Å². The number of amides is 1. The summed E-state index contributed by atoms with van der Waals surface area (Å²) in [6.45, 7) is 5.71. The lowest BCUT2D eigenvalue weighted by molar-refractivity contribution is -0.118. The summed E-state index contributed by atoms with van der Waals surface area (Å²) in [5.74, 6) is 1.51. The van der Waals surface area contributed by atoms with Gasteiger partial charge in [-0.25, -0.2) is 0 Å². The number of hydrogen-bond acceptors (Lipinski definition) is 5. The predicted molar refractivity (Wildman–Crippen MR) is 104 cm³/mol. The molecule has 27 heavy (non-hydrogen) atoms. The molecule has 0 saturated heterocycles. The first-order chi connectivity index (χ1) is 12.9. The van der Waals surface area contributed by atoms with E-state index in [2.05, 4.69) is 15.5 Å². The fourth-order valence-corrected chi connectivity index (χ4v) is 2.56. The van der Waals surface area contributed by atoms with Crippen LogP contribution >= 0.6 is 11.6 Å². The summed E-state index contributed by atoms with van der Waals surface area (Å²) in [5, 5.41) is 7.35. The molecule has 0 radical (unpaired) electrons. The maximum absolute atomic E-state index is 12.2. The fraction of sp³-hybridized carbons (Fsp3) is 0.250. The zero-order valence-corrected chi connectivity index (χ0v) is 16.1. The number of ether oxygens (including phenoxy) is 1. The smallest absolute Gasteiger partial charge is 0.262 e. The molecule has 0 unspecified atom stereocenters. The van der Waals surface area contributed by atoms with Crippen LogP contribution in [-0.4, -0.2) is 22.7 Å². The molecule has 1 aromatic heterocycles. The number of hydrogen-bond donors (Lipinski definition) is 1. The lowest BCUT2D eigenvalue weighted by Gasteiger charge is -2.10. The molecule has 0 fully saturated rings. The summed E-state index contributed by atoms with van der Waals surface area (Å²) in [4.78, 5) is 16.5. The van der Waals surface area contributed by atoms with Crippen LogP contribution in [0.25, 0.3) is 11.5 Å². The Morgan fingerprint density at radius 2 is 2.04 bits per heavy atom. The molecule has 0 atom stereocenters. The van der Waals surface area contributed by atoms with Crippen molar-refractivity contribution in [3.8, 4) is 17.2 Å². The molecule has 3 rings (SSSR count). The molecule has 0 aliphatic rings. The van der Waals surface area contributed by atoms with Crippen LogP contribution in [0, 0.1) is 6.92 Å². The second kappa shape index (κ2) is 8.22. The minimum atomic E-state index is -0.273. The lowest BCUT2D eigenvalue weighted by Crippen LogP contribution is -2.20. The van der Waals surface area contributed by atoms with E-state index in [1.54, 1.807) is 30.3 Å². The van der Waals surface area contributed by atoms with Crippen LogP contribution in [0.3, 0.4) is 0 Å². The van der Waals surface area contributed by atoms with Crippen LogP contribution in [0.15, 0.2) is 47.0 Å². The SMILES string of the molecule is Cc1c(Cl)cccc1NC(=O)COc1cccc(-c2nc(C(C)C)no2)c1. The van der Waals surface area contributed by atoms with Crippen LogP contribution < -0.4 is 10.1 Å². The molecule has 1 heterocycles. The maximum Gasteiger partial charge on any atom is 0.262 e. The van der Waals surface area contributed by atoms with E-state index in [0.29, 0.717) is 28.2 Å². The lowest BCUT2D eigenvalue weighted by atomic mass is 10.2. The molecule has 7 heteroatoms. The molecule has 1 N–H and O–H groups in total. The topological polar surface area (TPSA) is 77.2 Å². The highest BCUT2D eigenvalue weighted by Gasteiger charge is 2.13. The Hall–Kier alpha value is -2.86. The van der Waals surface area contributed by atoms with Crippen LogP contribution in [0.1, 0.15) is 31.2 Å². The highest BCUT2D eigenvalue weighted by molar-refractivity contribution is 6.31. The molecule has 0 bridgehead atoms. The zero-order chi connectivity index (χ0) is 19.4. The van der Waals surface area contributed by atoms with Crippen molar-refractivity contribution in [2.24, 2.45) is 0 Å². The summed E-state index contributed by atoms with van der Waals surface area (Å²) < 4.78 is 10.9. The van der Waals surface area contributed by atoms with Gasteiger partial charge < -0.3 is 14.6 Å². The van der Waals surface area contributed by atoms with E-state index in [1.165, 1.54) is 0 Å². The van der Waals surface area contributed by atoms with Crippen LogP contribution in [0.4, 0.5) is 5.69 Å².